The van der Waals surface area contributed by atoms with E-state index in [0.29, 0.717) is 5.82 Å². The number of aromatic nitrogens is 5. The number of hydrogen-bond donors (Lipinski definition) is 0. The molecule has 4 aromatic heterocycles. The van der Waals surface area contributed by atoms with Crippen LogP contribution in [0.25, 0.3) is 78.1 Å². The summed E-state index contributed by atoms with van der Waals surface area (Å²) < 4.78 is 28.6. The molecule has 0 fully saturated rings. The molecule has 0 bridgehead atoms. The molecule has 6 nitrogen and oxygen atoms in total. The number of pyridine rings is 2. The van der Waals surface area contributed by atoms with Crippen molar-refractivity contribution in [3.63, 3.8) is 0 Å². The molecule has 5 aromatic carbocycles. The van der Waals surface area contributed by atoms with E-state index in [-0.39, 0.29) is 36.5 Å². The fraction of sp³-hybridized carbons (Fsp3) is 0.173. The molecule has 0 amide bonds. The van der Waals surface area contributed by atoms with Gasteiger partial charge in [0.2, 0.25) is 0 Å². The molecule has 1 radical (unpaired) electrons. The molecule has 0 saturated carbocycles. The van der Waals surface area contributed by atoms with Crippen LogP contribution in [0, 0.1) is 19.0 Å². The second kappa shape index (κ2) is 17.0. The van der Waals surface area contributed by atoms with Crippen LogP contribution in [0.3, 0.4) is 0 Å². The van der Waals surface area contributed by atoms with Crippen LogP contribution in [0.2, 0.25) is 0 Å². The van der Waals surface area contributed by atoms with Crippen LogP contribution in [0.4, 0.5) is 0 Å². The third-order valence-electron chi connectivity index (χ3n) is 9.77. The van der Waals surface area contributed by atoms with Gasteiger partial charge in [-0.1, -0.05) is 137 Å². The number of furan rings is 1. The minimum atomic E-state index is -2.09. The number of fused-ring (bicyclic) bond motifs is 3. The number of benzene rings is 5. The summed E-state index contributed by atoms with van der Waals surface area (Å²) in [7, 11) is 0. The molecule has 0 unspecified atom stereocenters. The zero-order valence-electron chi connectivity index (χ0n) is 36.8. The van der Waals surface area contributed by atoms with Crippen molar-refractivity contribution in [3.05, 3.63) is 175 Å². The van der Waals surface area contributed by atoms with Crippen molar-refractivity contribution in [3.8, 4) is 56.2 Å². The van der Waals surface area contributed by atoms with E-state index in [1.165, 1.54) is 11.8 Å². The number of hydrogen-bond acceptors (Lipinski definition) is 6. The van der Waals surface area contributed by atoms with Crippen LogP contribution >= 0.6 is 0 Å². The van der Waals surface area contributed by atoms with E-state index in [0.717, 1.165) is 78.4 Å². The van der Waals surface area contributed by atoms with Gasteiger partial charge in [0, 0.05) is 64.0 Å². The standard InChI is InChI=1S/C40H35N4O.C12H10N.Ir/c1-39(2,3)37-42-36(43-38(44-37)40(4,5)6)31-23-22-29-28-15-12-16-30(32-17-10-11-24-41-32)34(28)45-35(29)33(31)27-20-18-26(19-21-27)25-13-8-7-9-14-25;1-10-7-8-12(13-9-10)11-5-3-2-4-6-11;/h7-15,17-24H,1-6H3;2-5,7-9H,1H3;/q2*-1;/i;1D3;. The van der Waals surface area contributed by atoms with E-state index in [1.807, 2.05) is 48.5 Å². The third-order valence-corrected chi connectivity index (χ3v) is 9.77. The Balaban J connectivity index is 0.000000286. The molecule has 0 aliphatic heterocycles. The minimum Gasteiger partial charge on any atom is -0.500 e. The van der Waals surface area contributed by atoms with Gasteiger partial charge >= 0.3 is 0 Å². The molecule has 0 atom stereocenters. The number of aryl methyl sites for hydroxylation is 1. The van der Waals surface area contributed by atoms with Gasteiger partial charge in [-0.3, -0.25) is 0 Å². The van der Waals surface area contributed by atoms with E-state index >= 15 is 0 Å². The maximum Gasteiger partial charge on any atom is 0.164 e. The Labute approximate surface area is 364 Å². The Morgan fingerprint density at radius 2 is 1.24 bits per heavy atom. The van der Waals surface area contributed by atoms with Crippen LogP contribution in [0.15, 0.2) is 150 Å². The molecule has 7 heteroatoms. The van der Waals surface area contributed by atoms with E-state index in [4.69, 9.17) is 23.5 Å². The maximum absolute atomic E-state index is 7.23. The zero-order chi connectivity index (χ0) is 42.9. The number of rotatable bonds is 5. The minimum absolute atomic E-state index is 0. The van der Waals surface area contributed by atoms with Crippen LogP contribution in [-0.4, -0.2) is 24.9 Å². The molecule has 295 valence electrons. The Bertz CT molecular complexity index is 2910. The van der Waals surface area contributed by atoms with Gasteiger partial charge in [0.15, 0.2) is 5.82 Å². The normalized spacial score (nSPS) is 12.5. The Hall–Kier alpha value is -6.14. The van der Waals surface area contributed by atoms with Gasteiger partial charge in [-0.15, -0.1) is 54.1 Å². The summed E-state index contributed by atoms with van der Waals surface area (Å²) in [6.07, 6.45) is 3.19. The first-order valence-electron chi connectivity index (χ1n) is 20.8. The first-order chi connectivity index (χ1) is 29.1. The van der Waals surface area contributed by atoms with Gasteiger partial charge in [0.1, 0.15) is 17.2 Å². The predicted octanol–water partition coefficient (Wildman–Crippen LogP) is 13.1. The van der Waals surface area contributed by atoms with Gasteiger partial charge in [-0.2, -0.15) is 0 Å². The summed E-state index contributed by atoms with van der Waals surface area (Å²) in [5, 5.41) is 2.03. The van der Waals surface area contributed by atoms with Gasteiger partial charge < -0.3 is 14.4 Å². The van der Waals surface area contributed by atoms with Crippen LogP contribution in [-0.2, 0) is 30.9 Å². The zero-order valence-corrected chi connectivity index (χ0v) is 36.2. The van der Waals surface area contributed by atoms with Crippen molar-refractivity contribution in [1.82, 2.24) is 24.9 Å². The molecule has 59 heavy (non-hydrogen) atoms. The van der Waals surface area contributed by atoms with E-state index in [2.05, 4.69) is 130 Å². The molecule has 0 aliphatic carbocycles. The molecule has 0 spiro atoms. The van der Waals surface area contributed by atoms with Crippen LogP contribution < -0.4 is 0 Å². The molecule has 9 aromatic rings. The third kappa shape index (κ3) is 8.83. The number of nitrogens with zero attached hydrogens (tertiary/aromatic N) is 5. The predicted molar refractivity (Wildman–Crippen MR) is 236 cm³/mol. The van der Waals surface area contributed by atoms with Gasteiger partial charge in [-0.05, 0) is 52.6 Å². The van der Waals surface area contributed by atoms with E-state index in [1.54, 1.807) is 24.4 Å². The quantitative estimate of drug-likeness (QED) is 0.160. The second-order valence-corrected chi connectivity index (χ2v) is 16.2. The molecule has 4 heterocycles. The monoisotopic (exact) mass is 951 g/mol. The molecule has 0 N–H and O–H groups in total. The Morgan fingerprint density at radius 1 is 0.559 bits per heavy atom. The molecular formula is C52H45IrN5O-2. The summed E-state index contributed by atoms with van der Waals surface area (Å²) in [5.41, 5.74) is 9.70. The average Bonchev–Trinajstić information content (AvgIpc) is 3.65. The van der Waals surface area contributed by atoms with Crippen LogP contribution in [0.1, 0.15) is 62.9 Å². The smallest absolute Gasteiger partial charge is 0.164 e. The van der Waals surface area contributed by atoms with Crippen LogP contribution in [0.5, 0.6) is 0 Å². The molecule has 0 saturated heterocycles. The summed E-state index contributed by atoms with van der Waals surface area (Å²) >= 11 is 0. The second-order valence-electron chi connectivity index (χ2n) is 16.2. The summed E-state index contributed by atoms with van der Waals surface area (Å²) in [4.78, 5) is 23.8. The summed E-state index contributed by atoms with van der Waals surface area (Å²) in [6, 6.07) is 50.4. The summed E-state index contributed by atoms with van der Waals surface area (Å²) in [5.74, 6) is 2.17. The van der Waals surface area contributed by atoms with E-state index < -0.39 is 6.85 Å². The fourth-order valence-corrected chi connectivity index (χ4v) is 6.71. The average molecular weight is 951 g/mol. The van der Waals surface area contributed by atoms with Crippen molar-refractivity contribution >= 4 is 21.9 Å². The van der Waals surface area contributed by atoms with Crippen molar-refractivity contribution < 1.29 is 28.6 Å². The molecule has 9 rings (SSSR count). The Morgan fingerprint density at radius 3 is 1.86 bits per heavy atom. The topological polar surface area (TPSA) is 77.6 Å². The van der Waals surface area contributed by atoms with Gasteiger partial charge in [0.25, 0.3) is 0 Å². The first kappa shape index (κ1) is 37.2. The van der Waals surface area contributed by atoms with E-state index in [9.17, 15) is 0 Å². The molecule has 0 aliphatic rings. The first-order valence-corrected chi connectivity index (χ1v) is 19.3. The summed E-state index contributed by atoms with van der Waals surface area (Å²) in [6.45, 7) is 10.7. The van der Waals surface area contributed by atoms with Gasteiger partial charge in [0.05, 0.1) is 5.58 Å². The van der Waals surface area contributed by atoms with Crippen molar-refractivity contribution in [1.29, 1.82) is 0 Å². The van der Waals surface area contributed by atoms with Crippen molar-refractivity contribution in [2.75, 3.05) is 0 Å². The maximum atomic E-state index is 7.23. The van der Waals surface area contributed by atoms with Gasteiger partial charge in [-0.25, -0.2) is 15.0 Å². The Kier molecular flexibility index (Phi) is 10.7. The largest absolute Gasteiger partial charge is 0.500 e. The molecular weight excluding hydrogens is 903 g/mol. The van der Waals surface area contributed by atoms with Crippen molar-refractivity contribution in [2.24, 2.45) is 0 Å². The fourth-order valence-electron chi connectivity index (χ4n) is 6.71. The van der Waals surface area contributed by atoms with Crippen molar-refractivity contribution in [2.45, 2.75) is 59.2 Å². The SMILES string of the molecule is CC(C)(C)c1nc(-c2ccc3c(oc4c(-c5ccccn5)[c-]ccc43)c2-c2ccc(-c3ccccc3)cc2)nc(C(C)(C)C)n1.[2H]C([2H])([2H])c1ccc(-c2[c-]cccc2)nc1.[Ir].